The van der Waals surface area contributed by atoms with Gasteiger partial charge in [0.15, 0.2) is 0 Å². The molecule has 2 saturated carbocycles. The van der Waals surface area contributed by atoms with Crippen LogP contribution in [0.4, 0.5) is 14.5 Å². The van der Waals surface area contributed by atoms with Crippen molar-refractivity contribution in [2.24, 2.45) is 5.41 Å². The molecule has 2 aliphatic rings. The highest BCUT2D eigenvalue weighted by Gasteiger charge is 2.58. The largest absolute Gasteiger partial charge is 0.435 e. The first-order valence-corrected chi connectivity index (χ1v) is 7.57. The van der Waals surface area contributed by atoms with Crippen molar-refractivity contribution in [3.05, 3.63) is 24.3 Å². The second-order valence-corrected chi connectivity index (χ2v) is 5.87. The molecular weight excluding hydrogens is 276 g/mol. The molecule has 2 fully saturated rings. The molecule has 116 valence electrons. The molecule has 1 aromatic rings. The molecule has 2 atom stereocenters. The van der Waals surface area contributed by atoms with Gasteiger partial charge in [-0.25, -0.2) is 0 Å². The molecule has 0 bridgehead atoms. The molecule has 21 heavy (non-hydrogen) atoms. The van der Waals surface area contributed by atoms with Gasteiger partial charge >= 0.3 is 6.61 Å². The zero-order chi connectivity index (χ0) is 14.9. The van der Waals surface area contributed by atoms with Gasteiger partial charge in [0, 0.05) is 29.8 Å². The maximum absolute atomic E-state index is 12.3. The van der Waals surface area contributed by atoms with Crippen molar-refractivity contribution in [3.63, 3.8) is 0 Å². The number of halogens is 2. The third kappa shape index (κ3) is 2.71. The number of benzene rings is 1. The summed E-state index contributed by atoms with van der Waals surface area (Å²) in [6, 6.07) is 7.15. The van der Waals surface area contributed by atoms with Crippen LogP contribution in [0.1, 0.15) is 32.6 Å². The molecule has 0 heterocycles. The zero-order valence-corrected chi connectivity index (χ0v) is 12.1. The van der Waals surface area contributed by atoms with Gasteiger partial charge in [-0.3, -0.25) is 0 Å². The number of hydrogen-bond acceptors (Lipinski definition) is 3. The van der Waals surface area contributed by atoms with E-state index >= 15 is 0 Å². The Bertz CT molecular complexity index is 491. The van der Waals surface area contributed by atoms with Crippen molar-refractivity contribution in [2.45, 2.75) is 51.4 Å². The van der Waals surface area contributed by atoms with Gasteiger partial charge in [-0.15, -0.1) is 0 Å². The standard InChI is InChI=1S/C16H21F2NO2/c1-2-20-14-10-13(16(14)7-4-8-16)19-11-5-3-6-12(9-11)21-15(17)18/h3,5-6,9,13-15,19H,2,4,7-8,10H2,1H3. The number of hydrogen-bond donors (Lipinski definition) is 1. The first-order chi connectivity index (χ1) is 10.1. The lowest BCUT2D eigenvalue weighted by molar-refractivity contribution is -0.157. The maximum Gasteiger partial charge on any atom is 0.387 e. The third-order valence-electron chi connectivity index (χ3n) is 4.84. The fraction of sp³-hybridized carbons (Fsp3) is 0.625. The summed E-state index contributed by atoms with van der Waals surface area (Å²) in [5.74, 6) is 0.193. The molecule has 1 spiro atoms. The van der Waals surface area contributed by atoms with Crippen molar-refractivity contribution >= 4 is 5.69 Å². The maximum atomic E-state index is 12.3. The minimum atomic E-state index is -2.79. The lowest BCUT2D eigenvalue weighted by Gasteiger charge is -2.61. The van der Waals surface area contributed by atoms with Crippen molar-refractivity contribution in [1.82, 2.24) is 0 Å². The van der Waals surface area contributed by atoms with Crippen LogP contribution in [0, 0.1) is 5.41 Å². The second-order valence-electron chi connectivity index (χ2n) is 5.87. The van der Waals surface area contributed by atoms with Crippen LogP contribution >= 0.6 is 0 Å². The molecule has 0 saturated heterocycles. The highest BCUT2D eigenvalue weighted by Crippen LogP contribution is 2.58. The van der Waals surface area contributed by atoms with Crippen molar-refractivity contribution in [2.75, 3.05) is 11.9 Å². The van der Waals surface area contributed by atoms with Gasteiger partial charge in [-0.2, -0.15) is 8.78 Å². The molecule has 3 rings (SSSR count). The van der Waals surface area contributed by atoms with Crippen molar-refractivity contribution < 1.29 is 18.3 Å². The van der Waals surface area contributed by atoms with Crippen LogP contribution in [0.2, 0.25) is 0 Å². The van der Waals surface area contributed by atoms with Crippen LogP contribution in [0.3, 0.4) is 0 Å². The molecule has 2 aliphatic carbocycles. The van der Waals surface area contributed by atoms with Crippen molar-refractivity contribution in [1.29, 1.82) is 0 Å². The van der Waals surface area contributed by atoms with Crippen LogP contribution in [-0.4, -0.2) is 25.4 Å². The molecule has 0 aromatic heterocycles. The highest BCUT2D eigenvalue weighted by atomic mass is 19.3. The molecule has 2 unspecified atom stereocenters. The summed E-state index contributed by atoms with van der Waals surface area (Å²) in [5, 5.41) is 3.47. The summed E-state index contributed by atoms with van der Waals surface area (Å²) in [6.07, 6.45) is 4.93. The SMILES string of the molecule is CCOC1CC(Nc2cccc(OC(F)F)c2)C12CCC2. The Labute approximate surface area is 123 Å². The van der Waals surface area contributed by atoms with Gasteiger partial charge in [-0.05, 0) is 38.3 Å². The quantitative estimate of drug-likeness (QED) is 0.859. The van der Waals surface area contributed by atoms with E-state index in [0.29, 0.717) is 12.1 Å². The minimum absolute atomic E-state index is 0.193. The average molecular weight is 297 g/mol. The fourth-order valence-electron chi connectivity index (χ4n) is 3.60. The van der Waals surface area contributed by atoms with E-state index in [4.69, 9.17) is 4.74 Å². The Morgan fingerprint density at radius 2 is 2.19 bits per heavy atom. The summed E-state index contributed by atoms with van der Waals surface area (Å²) in [6.45, 7) is -0.0148. The van der Waals surface area contributed by atoms with E-state index in [0.717, 1.165) is 18.7 Å². The summed E-state index contributed by atoms with van der Waals surface area (Å²) in [4.78, 5) is 0. The van der Waals surface area contributed by atoms with Gasteiger partial charge in [-0.1, -0.05) is 12.5 Å². The summed E-state index contributed by atoms with van der Waals surface area (Å²) in [7, 11) is 0. The molecule has 1 aromatic carbocycles. The van der Waals surface area contributed by atoms with Gasteiger partial charge in [0.1, 0.15) is 5.75 Å². The van der Waals surface area contributed by atoms with Crippen LogP contribution in [0.15, 0.2) is 24.3 Å². The van der Waals surface area contributed by atoms with Gasteiger partial charge in [0.05, 0.1) is 6.10 Å². The summed E-state index contributed by atoms with van der Waals surface area (Å²) >= 11 is 0. The number of rotatable bonds is 6. The Balaban J connectivity index is 1.64. The molecule has 3 nitrogen and oxygen atoms in total. The smallest absolute Gasteiger partial charge is 0.387 e. The van der Waals surface area contributed by atoms with Crippen LogP contribution in [0.25, 0.3) is 0 Å². The van der Waals surface area contributed by atoms with E-state index in [2.05, 4.69) is 10.1 Å². The first kappa shape index (κ1) is 14.6. The summed E-state index contributed by atoms with van der Waals surface area (Å²) < 4.78 is 34.8. The van der Waals surface area contributed by atoms with Gasteiger partial charge in [0.2, 0.25) is 0 Å². The van der Waals surface area contributed by atoms with Gasteiger partial charge in [0.25, 0.3) is 0 Å². The van der Waals surface area contributed by atoms with E-state index in [9.17, 15) is 8.78 Å². The molecule has 0 amide bonds. The average Bonchev–Trinajstić information content (AvgIpc) is 2.35. The first-order valence-electron chi connectivity index (χ1n) is 7.57. The zero-order valence-electron chi connectivity index (χ0n) is 12.1. The molecular formula is C16H21F2NO2. The molecule has 5 heteroatoms. The summed E-state index contributed by atoms with van der Waals surface area (Å²) in [5.41, 5.74) is 1.08. The Kier molecular flexibility index (Phi) is 4.02. The normalized spacial score (nSPS) is 26.3. The lowest BCUT2D eigenvalue weighted by atomic mass is 9.51. The molecule has 1 N–H and O–H groups in total. The Morgan fingerprint density at radius 3 is 2.81 bits per heavy atom. The molecule has 0 aliphatic heterocycles. The van der Waals surface area contributed by atoms with Crippen LogP contribution in [0.5, 0.6) is 5.75 Å². The topological polar surface area (TPSA) is 30.5 Å². The number of alkyl halides is 2. The lowest BCUT2D eigenvalue weighted by Crippen LogP contribution is -2.64. The number of anilines is 1. The minimum Gasteiger partial charge on any atom is -0.435 e. The monoisotopic (exact) mass is 297 g/mol. The van der Waals surface area contributed by atoms with E-state index in [1.807, 2.05) is 13.0 Å². The van der Waals surface area contributed by atoms with E-state index in [-0.39, 0.29) is 11.2 Å². The number of nitrogens with one attached hydrogen (secondary N) is 1. The Morgan fingerprint density at radius 1 is 1.38 bits per heavy atom. The predicted molar refractivity (Wildman–Crippen MR) is 76.8 cm³/mol. The Hall–Kier alpha value is -1.36. The molecule has 0 radical (unpaired) electrons. The fourth-order valence-corrected chi connectivity index (χ4v) is 3.60. The van der Waals surface area contributed by atoms with Crippen LogP contribution < -0.4 is 10.1 Å². The van der Waals surface area contributed by atoms with Crippen molar-refractivity contribution in [3.8, 4) is 5.75 Å². The van der Waals surface area contributed by atoms with Crippen LogP contribution in [-0.2, 0) is 4.74 Å². The third-order valence-corrected chi connectivity index (χ3v) is 4.84. The second kappa shape index (κ2) is 5.79. The van der Waals surface area contributed by atoms with E-state index < -0.39 is 6.61 Å². The van der Waals surface area contributed by atoms with E-state index in [1.165, 1.54) is 19.3 Å². The highest BCUT2D eigenvalue weighted by molar-refractivity contribution is 5.50. The van der Waals surface area contributed by atoms with Gasteiger partial charge < -0.3 is 14.8 Å². The van der Waals surface area contributed by atoms with E-state index in [1.54, 1.807) is 18.2 Å². The predicted octanol–water partition coefficient (Wildman–Crippen LogP) is 4.05. The number of ether oxygens (including phenoxy) is 2.